The number of hydrogen-bond donors (Lipinski definition) is 1. The van der Waals surface area contributed by atoms with Crippen LogP contribution in [-0.4, -0.2) is 72.2 Å². The van der Waals surface area contributed by atoms with Crippen LogP contribution < -0.4 is 0 Å². The molecular formula is C19H31N3O. The van der Waals surface area contributed by atoms with Crippen molar-refractivity contribution in [1.82, 2.24) is 14.7 Å². The lowest BCUT2D eigenvalue weighted by atomic mass is 9.89. The van der Waals surface area contributed by atoms with Crippen LogP contribution in [0.15, 0.2) is 24.3 Å². The van der Waals surface area contributed by atoms with E-state index in [0.717, 1.165) is 18.5 Å². The molecule has 2 aliphatic heterocycles. The molecule has 23 heavy (non-hydrogen) atoms. The van der Waals surface area contributed by atoms with E-state index < -0.39 is 0 Å². The minimum Gasteiger partial charge on any atom is -0.508 e. The highest BCUT2D eigenvalue weighted by molar-refractivity contribution is 5.25. The Morgan fingerprint density at radius 1 is 1.00 bits per heavy atom. The normalized spacial score (nSPS) is 23.9. The summed E-state index contributed by atoms with van der Waals surface area (Å²) in [6.45, 7) is 10.7. The standard InChI is InChI=1S/C19H31N3O/c1-16(22-13-11-20(2)12-14-22)18-7-9-21(10-8-18)15-17-3-5-19(23)6-4-17/h3-6,16,18,23H,7-15H2,1-2H3/t16-/m1/s1. The molecule has 1 atom stereocenters. The predicted molar refractivity (Wildman–Crippen MR) is 94.6 cm³/mol. The lowest BCUT2D eigenvalue weighted by Crippen LogP contribution is -2.51. The van der Waals surface area contributed by atoms with Gasteiger partial charge in [-0.2, -0.15) is 0 Å². The first kappa shape index (κ1) is 16.7. The zero-order valence-corrected chi connectivity index (χ0v) is 14.6. The number of rotatable bonds is 4. The van der Waals surface area contributed by atoms with Crippen LogP contribution in [0.3, 0.4) is 0 Å². The maximum Gasteiger partial charge on any atom is 0.115 e. The highest BCUT2D eigenvalue weighted by atomic mass is 16.3. The summed E-state index contributed by atoms with van der Waals surface area (Å²) >= 11 is 0. The average Bonchev–Trinajstić information content (AvgIpc) is 2.58. The lowest BCUT2D eigenvalue weighted by molar-refractivity contribution is 0.0598. The zero-order chi connectivity index (χ0) is 16.2. The molecule has 128 valence electrons. The van der Waals surface area contributed by atoms with Gasteiger partial charge in [-0.25, -0.2) is 0 Å². The van der Waals surface area contributed by atoms with Crippen LogP contribution in [0.2, 0.25) is 0 Å². The minimum absolute atomic E-state index is 0.355. The first-order chi connectivity index (χ1) is 11.1. The number of phenolic OH excluding ortho intramolecular Hbond substituents is 1. The summed E-state index contributed by atoms with van der Waals surface area (Å²) in [4.78, 5) is 7.68. The smallest absolute Gasteiger partial charge is 0.115 e. The molecular weight excluding hydrogens is 286 g/mol. The molecule has 0 aromatic heterocycles. The van der Waals surface area contributed by atoms with Gasteiger partial charge in [0.25, 0.3) is 0 Å². The van der Waals surface area contributed by atoms with Crippen molar-refractivity contribution in [2.24, 2.45) is 5.92 Å². The molecule has 2 saturated heterocycles. The summed E-state index contributed by atoms with van der Waals surface area (Å²) in [5.41, 5.74) is 1.30. The highest BCUT2D eigenvalue weighted by Gasteiger charge is 2.29. The van der Waals surface area contributed by atoms with Crippen molar-refractivity contribution in [3.8, 4) is 5.75 Å². The molecule has 1 N–H and O–H groups in total. The number of hydrogen-bond acceptors (Lipinski definition) is 4. The molecule has 0 spiro atoms. The average molecular weight is 317 g/mol. The van der Waals surface area contributed by atoms with Gasteiger partial charge in [0.15, 0.2) is 0 Å². The number of phenols is 1. The van der Waals surface area contributed by atoms with E-state index in [2.05, 4.69) is 28.7 Å². The van der Waals surface area contributed by atoms with Crippen LogP contribution >= 0.6 is 0 Å². The third kappa shape index (κ3) is 4.46. The third-order valence-electron chi connectivity index (χ3n) is 5.77. The Labute approximate surface area is 140 Å². The number of likely N-dealkylation sites (tertiary alicyclic amines) is 1. The monoisotopic (exact) mass is 317 g/mol. The van der Waals surface area contributed by atoms with E-state index in [0.29, 0.717) is 5.75 Å². The molecule has 3 rings (SSSR count). The summed E-state index contributed by atoms with van der Waals surface area (Å²) in [7, 11) is 2.23. The van der Waals surface area contributed by atoms with Crippen molar-refractivity contribution in [2.45, 2.75) is 32.4 Å². The van der Waals surface area contributed by atoms with Gasteiger partial charge in [0, 0.05) is 38.8 Å². The van der Waals surface area contributed by atoms with Gasteiger partial charge in [0.05, 0.1) is 0 Å². The number of piperidine rings is 1. The Hall–Kier alpha value is -1.10. The number of likely N-dealkylation sites (N-methyl/N-ethyl adjacent to an activating group) is 1. The Kier molecular flexibility index (Phi) is 5.57. The van der Waals surface area contributed by atoms with Crippen molar-refractivity contribution < 1.29 is 5.11 Å². The molecule has 2 aliphatic rings. The fourth-order valence-electron chi connectivity index (χ4n) is 3.98. The van der Waals surface area contributed by atoms with Gasteiger partial charge in [-0.15, -0.1) is 0 Å². The molecule has 0 saturated carbocycles. The quantitative estimate of drug-likeness (QED) is 0.922. The first-order valence-corrected chi connectivity index (χ1v) is 9.04. The van der Waals surface area contributed by atoms with Crippen molar-refractivity contribution in [1.29, 1.82) is 0 Å². The van der Waals surface area contributed by atoms with E-state index in [1.54, 1.807) is 12.1 Å². The highest BCUT2D eigenvalue weighted by Crippen LogP contribution is 2.25. The molecule has 0 amide bonds. The van der Waals surface area contributed by atoms with Gasteiger partial charge in [-0.3, -0.25) is 9.80 Å². The number of piperazine rings is 1. The predicted octanol–water partition coefficient (Wildman–Crippen LogP) is 2.24. The van der Waals surface area contributed by atoms with Gasteiger partial charge in [-0.05, 0) is 63.5 Å². The van der Waals surface area contributed by atoms with E-state index in [9.17, 15) is 5.11 Å². The largest absolute Gasteiger partial charge is 0.508 e. The fraction of sp³-hybridized carbons (Fsp3) is 0.684. The summed E-state index contributed by atoms with van der Waals surface area (Å²) < 4.78 is 0. The van der Waals surface area contributed by atoms with E-state index in [1.165, 1.54) is 57.7 Å². The number of benzene rings is 1. The van der Waals surface area contributed by atoms with Crippen molar-refractivity contribution in [3.05, 3.63) is 29.8 Å². The van der Waals surface area contributed by atoms with Gasteiger partial charge < -0.3 is 10.0 Å². The zero-order valence-electron chi connectivity index (χ0n) is 14.6. The molecule has 0 aliphatic carbocycles. The van der Waals surface area contributed by atoms with Crippen LogP contribution in [-0.2, 0) is 6.54 Å². The second-order valence-electron chi connectivity index (χ2n) is 7.36. The number of nitrogens with zero attached hydrogens (tertiary/aromatic N) is 3. The third-order valence-corrected chi connectivity index (χ3v) is 5.77. The van der Waals surface area contributed by atoms with E-state index in [-0.39, 0.29) is 0 Å². The first-order valence-electron chi connectivity index (χ1n) is 9.04. The summed E-state index contributed by atoms with van der Waals surface area (Å²) in [5.74, 6) is 1.20. The summed E-state index contributed by atoms with van der Waals surface area (Å²) in [6.07, 6.45) is 2.62. The Morgan fingerprint density at radius 3 is 2.22 bits per heavy atom. The maximum atomic E-state index is 9.38. The fourth-order valence-corrected chi connectivity index (χ4v) is 3.98. The Bertz CT molecular complexity index is 474. The topological polar surface area (TPSA) is 30.0 Å². The molecule has 4 nitrogen and oxygen atoms in total. The van der Waals surface area contributed by atoms with Gasteiger partial charge in [-0.1, -0.05) is 12.1 Å². The second-order valence-corrected chi connectivity index (χ2v) is 7.36. The van der Waals surface area contributed by atoms with E-state index in [4.69, 9.17) is 0 Å². The van der Waals surface area contributed by atoms with Gasteiger partial charge >= 0.3 is 0 Å². The number of aromatic hydroxyl groups is 1. The molecule has 2 heterocycles. The van der Waals surface area contributed by atoms with Gasteiger partial charge in [0.2, 0.25) is 0 Å². The van der Waals surface area contributed by atoms with Crippen LogP contribution in [0.4, 0.5) is 0 Å². The van der Waals surface area contributed by atoms with Gasteiger partial charge in [0.1, 0.15) is 5.75 Å². The molecule has 1 aromatic carbocycles. The molecule has 0 unspecified atom stereocenters. The van der Waals surface area contributed by atoms with E-state index in [1.807, 2.05) is 12.1 Å². The lowest BCUT2D eigenvalue weighted by Gasteiger charge is -2.42. The molecule has 0 radical (unpaired) electrons. The maximum absolute atomic E-state index is 9.38. The SMILES string of the molecule is C[C@H](C1CCN(Cc2ccc(O)cc2)CC1)N1CCN(C)CC1. The molecule has 0 bridgehead atoms. The molecule has 2 fully saturated rings. The van der Waals surface area contributed by atoms with Crippen LogP contribution in [0.5, 0.6) is 5.75 Å². The van der Waals surface area contributed by atoms with Crippen LogP contribution in [0.25, 0.3) is 0 Å². The van der Waals surface area contributed by atoms with E-state index >= 15 is 0 Å². The molecule has 1 aromatic rings. The van der Waals surface area contributed by atoms with Crippen molar-refractivity contribution in [3.63, 3.8) is 0 Å². The Balaban J connectivity index is 1.45. The summed E-state index contributed by atoms with van der Waals surface area (Å²) in [5, 5.41) is 9.38. The molecule has 4 heteroatoms. The van der Waals surface area contributed by atoms with Crippen LogP contribution in [0.1, 0.15) is 25.3 Å². The van der Waals surface area contributed by atoms with Crippen molar-refractivity contribution >= 4 is 0 Å². The Morgan fingerprint density at radius 2 is 1.61 bits per heavy atom. The summed E-state index contributed by atoms with van der Waals surface area (Å²) in [6, 6.07) is 8.37. The van der Waals surface area contributed by atoms with Crippen molar-refractivity contribution in [2.75, 3.05) is 46.3 Å². The second kappa shape index (κ2) is 7.65. The van der Waals surface area contributed by atoms with Crippen LogP contribution in [0, 0.1) is 5.92 Å². The minimum atomic E-state index is 0.355.